The topological polar surface area (TPSA) is 93.9 Å². The number of carbonyl (C=O) groups is 2. The Morgan fingerprint density at radius 3 is 2.32 bits per heavy atom. The predicted octanol–water partition coefficient (Wildman–Crippen LogP) is 4.06. The lowest BCUT2D eigenvalue weighted by atomic mass is 10.2. The Bertz CT molecular complexity index is 1320. The number of benzene rings is 3. The standard InChI is InChI=1S/C26H24N4O4/c1-33-21-12-18(13-22(14-21)34-2)26(32)29-27-15-19-16-30(24-11-7-6-10-23(19)24)17-25(31)28-20-8-4-3-5-9-20/h3-16H,17H2,1-2H3,(H,28,31)(H,29,32). The van der Waals surface area contributed by atoms with E-state index >= 15 is 0 Å². The van der Waals surface area contributed by atoms with E-state index in [1.165, 1.54) is 14.2 Å². The van der Waals surface area contributed by atoms with Gasteiger partial charge in [-0.3, -0.25) is 9.59 Å². The molecule has 0 aliphatic heterocycles. The first kappa shape index (κ1) is 22.6. The fourth-order valence-corrected chi connectivity index (χ4v) is 3.55. The maximum atomic E-state index is 12.6. The van der Waals surface area contributed by atoms with Crippen molar-refractivity contribution in [1.82, 2.24) is 9.99 Å². The second-order valence-electron chi connectivity index (χ2n) is 7.44. The van der Waals surface area contributed by atoms with Crippen LogP contribution in [-0.4, -0.2) is 36.8 Å². The molecule has 2 amide bonds. The van der Waals surface area contributed by atoms with Gasteiger partial charge in [0.05, 0.1) is 20.4 Å². The van der Waals surface area contributed by atoms with Crippen LogP contribution in [0.25, 0.3) is 10.9 Å². The van der Waals surface area contributed by atoms with E-state index in [-0.39, 0.29) is 12.5 Å². The zero-order chi connectivity index (χ0) is 23.9. The second kappa shape index (κ2) is 10.4. The van der Waals surface area contributed by atoms with E-state index in [1.54, 1.807) is 24.4 Å². The Labute approximate surface area is 196 Å². The van der Waals surface area contributed by atoms with Gasteiger partial charge in [-0.1, -0.05) is 36.4 Å². The maximum Gasteiger partial charge on any atom is 0.271 e. The first-order valence-corrected chi connectivity index (χ1v) is 10.6. The highest BCUT2D eigenvalue weighted by atomic mass is 16.5. The van der Waals surface area contributed by atoms with E-state index < -0.39 is 5.91 Å². The Hall–Kier alpha value is -4.59. The zero-order valence-electron chi connectivity index (χ0n) is 18.8. The number of para-hydroxylation sites is 2. The van der Waals surface area contributed by atoms with Gasteiger partial charge < -0.3 is 19.4 Å². The summed E-state index contributed by atoms with van der Waals surface area (Å²) in [7, 11) is 3.04. The van der Waals surface area contributed by atoms with Crippen molar-refractivity contribution < 1.29 is 19.1 Å². The summed E-state index contributed by atoms with van der Waals surface area (Å²) >= 11 is 0. The lowest BCUT2D eigenvalue weighted by Crippen LogP contribution is -2.18. The van der Waals surface area contributed by atoms with Gasteiger partial charge >= 0.3 is 0 Å². The maximum absolute atomic E-state index is 12.6. The number of fused-ring (bicyclic) bond motifs is 1. The first-order chi connectivity index (χ1) is 16.6. The molecular formula is C26H24N4O4. The Kier molecular flexibility index (Phi) is 6.88. The average Bonchev–Trinajstić information content (AvgIpc) is 3.21. The lowest BCUT2D eigenvalue weighted by molar-refractivity contribution is -0.116. The van der Waals surface area contributed by atoms with E-state index in [0.29, 0.717) is 17.1 Å². The molecule has 34 heavy (non-hydrogen) atoms. The van der Waals surface area contributed by atoms with Crippen LogP contribution in [0, 0.1) is 0 Å². The summed E-state index contributed by atoms with van der Waals surface area (Å²) < 4.78 is 12.3. The van der Waals surface area contributed by atoms with Gasteiger partial charge in [0, 0.05) is 40.0 Å². The van der Waals surface area contributed by atoms with E-state index in [9.17, 15) is 9.59 Å². The van der Waals surface area contributed by atoms with Crippen LogP contribution in [0.4, 0.5) is 5.69 Å². The number of methoxy groups -OCH3 is 2. The normalized spacial score (nSPS) is 10.9. The van der Waals surface area contributed by atoms with E-state index in [1.807, 2.05) is 65.4 Å². The summed E-state index contributed by atoms with van der Waals surface area (Å²) in [5.41, 5.74) is 5.28. The third-order valence-corrected chi connectivity index (χ3v) is 5.17. The number of amides is 2. The van der Waals surface area contributed by atoms with Crippen LogP contribution in [0.5, 0.6) is 11.5 Å². The molecule has 0 aliphatic carbocycles. The molecule has 4 aromatic rings. The van der Waals surface area contributed by atoms with Crippen LogP contribution in [0.2, 0.25) is 0 Å². The van der Waals surface area contributed by atoms with Gasteiger partial charge in [-0.25, -0.2) is 5.43 Å². The van der Waals surface area contributed by atoms with Gasteiger partial charge in [0.25, 0.3) is 5.91 Å². The number of anilines is 1. The molecule has 0 saturated heterocycles. The van der Waals surface area contributed by atoms with Crippen LogP contribution in [0.1, 0.15) is 15.9 Å². The van der Waals surface area contributed by atoms with Crippen molar-refractivity contribution in [1.29, 1.82) is 0 Å². The molecule has 0 spiro atoms. The van der Waals surface area contributed by atoms with Crippen LogP contribution in [-0.2, 0) is 11.3 Å². The van der Waals surface area contributed by atoms with Crippen molar-refractivity contribution in [2.75, 3.05) is 19.5 Å². The first-order valence-electron chi connectivity index (χ1n) is 10.6. The van der Waals surface area contributed by atoms with E-state index in [2.05, 4.69) is 15.8 Å². The van der Waals surface area contributed by atoms with Crippen LogP contribution < -0.4 is 20.2 Å². The lowest BCUT2D eigenvalue weighted by Gasteiger charge is -2.07. The smallest absolute Gasteiger partial charge is 0.271 e. The molecule has 0 bridgehead atoms. The highest BCUT2D eigenvalue weighted by Crippen LogP contribution is 2.23. The highest BCUT2D eigenvalue weighted by molar-refractivity contribution is 6.01. The molecule has 0 saturated carbocycles. The number of hydrazone groups is 1. The van der Waals surface area contributed by atoms with Gasteiger partial charge in [0.1, 0.15) is 18.0 Å². The van der Waals surface area contributed by atoms with Crippen LogP contribution >= 0.6 is 0 Å². The van der Waals surface area contributed by atoms with Crippen molar-refractivity contribution in [3.63, 3.8) is 0 Å². The van der Waals surface area contributed by atoms with Gasteiger partial charge in [-0.05, 0) is 30.3 Å². The quantitative estimate of drug-likeness (QED) is 0.309. The van der Waals surface area contributed by atoms with Gasteiger partial charge in [0.15, 0.2) is 0 Å². The number of hydrogen-bond donors (Lipinski definition) is 2. The Morgan fingerprint density at radius 1 is 0.941 bits per heavy atom. The zero-order valence-corrected chi connectivity index (χ0v) is 18.8. The number of nitrogens with one attached hydrogen (secondary N) is 2. The number of ether oxygens (including phenoxy) is 2. The molecule has 1 aromatic heterocycles. The molecule has 4 rings (SSSR count). The molecule has 8 heteroatoms. The van der Waals surface area contributed by atoms with Crippen molar-refractivity contribution in [3.05, 3.63) is 90.1 Å². The molecule has 172 valence electrons. The summed E-state index contributed by atoms with van der Waals surface area (Å²) in [5.74, 6) is 0.464. The summed E-state index contributed by atoms with van der Waals surface area (Å²) in [4.78, 5) is 25.1. The number of rotatable bonds is 8. The predicted molar refractivity (Wildman–Crippen MR) is 132 cm³/mol. The molecule has 8 nitrogen and oxygen atoms in total. The minimum atomic E-state index is -0.403. The van der Waals surface area contributed by atoms with Crippen molar-refractivity contribution in [2.24, 2.45) is 5.10 Å². The average molecular weight is 457 g/mol. The highest BCUT2D eigenvalue weighted by Gasteiger charge is 2.12. The minimum Gasteiger partial charge on any atom is -0.497 e. The summed E-state index contributed by atoms with van der Waals surface area (Å²) in [6, 6.07) is 21.9. The molecular weight excluding hydrogens is 432 g/mol. The SMILES string of the molecule is COc1cc(OC)cc(C(=O)NN=Cc2cn(CC(=O)Nc3ccccc3)c3ccccc23)c1. The number of carbonyl (C=O) groups excluding carboxylic acids is 2. The molecule has 0 radical (unpaired) electrons. The third kappa shape index (κ3) is 5.24. The van der Waals surface area contributed by atoms with Gasteiger partial charge in [-0.15, -0.1) is 0 Å². The molecule has 3 aromatic carbocycles. The third-order valence-electron chi connectivity index (χ3n) is 5.17. The number of aromatic nitrogens is 1. The van der Waals surface area contributed by atoms with Crippen molar-refractivity contribution >= 4 is 34.6 Å². The fourth-order valence-electron chi connectivity index (χ4n) is 3.55. The summed E-state index contributed by atoms with van der Waals surface area (Å²) in [5, 5.41) is 7.92. The van der Waals surface area contributed by atoms with Crippen LogP contribution in [0.15, 0.2) is 84.1 Å². The Balaban J connectivity index is 1.50. The fraction of sp³-hybridized carbons (Fsp3) is 0.115. The second-order valence-corrected chi connectivity index (χ2v) is 7.44. The van der Waals surface area contributed by atoms with E-state index in [0.717, 1.165) is 22.2 Å². The number of hydrogen-bond acceptors (Lipinski definition) is 5. The molecule has 1 heterocycles. The van der Waals surface area contributed by atoms with Crippen molar-refractivity contribution in [2.45, 2.75) is 6.54 Å². The monoisotopic (exact) mass is 456 g/mol. The van der Waals surface area contributed by atoms with Crippen LogP contribution in [0.3, 0.4) is 0 Å². The summed E-state index contributed by atoms with van der Waals surface area (Å²) in [6.07, 6.45) is 3.39. The largest absolute Gasteiger partial charge is 0.497 e. The molecule has 2 N–H and O–H groups in total. The van der Waals surface area contributed by atoms with Gasteiger partial charge in [-0.2, -0.15) is 5.10 Å². The number of nitrogens with zero attached hydrogens (tertiary/aromatic N) is 2. The minimum absolute atomic E-state index is 0.138. The Morgan fingerprint density at radius 2 is 1.62 bits per heavy atom. The molecule has 0 unspecified atom stereocenters. The summed E-state index contributed by atoms with van der Waals surface area (Å²) in [6.45, 7) is 0.138. The molecule has 0 aliphatic rings. The molecule has 0 fully saturated rings. The van der Waals surface area contributed by atoms with Gasteiger partial charge in [0.2, 0.25) is 5.91 Å². The van der Waals surface area contributed by atoms with Crippen molar-refractivity contribution in [3.8, 4) is 11.5 Å². The molecule has 0 atom stereocenters. The van der Waals surface area contributed by atoms with E-state index in [4.69, 9.17) is 9.47 Å².